The van der Waals surface area contributed by atoms with Gasteiger partial charge in [-0.3, -0.25) is 19.2 Å². The third-order valence-corrected chi connectivity index (χ3v) is 10.3. The molecule has 5 rings (SSSR count). The molecule has 1 N–H and O–H groups in total. The van der Waals surface area contributed by atoms with E-state index in [0.717, 1.165) is 36.6 Å². The molecule has 12 nitrogen and oxygen atoms in total. The maximum Gasteiger partial charge on any atom is 0.417 e. The number of carbonyl (C=O) groups is 5. The molecule has 0 spiro atoms. The van der Waals surface area contributed by atoms with Gasteiger partial charge >= 0.3 is 24.5 Å². The number of carbonyl (C=O) groups excluding carboxylic acids is 5. The molecule has 2 aromatic carbocycles. The van der Waals surface area contributed by atoms with Crippen molar-refractivity contribution in [3.63, 3.8) is 0 Å². The van der Waals surface area contributed by atoms with Gasteiger partial charge in [0.15, 0.2) is 11.2 Å². The van der Waals surface area contributed by atoms with Crippen LogP contribution in [-0.2, 0) is 31.5 Å². The van der Waals surface area contributed by atoms with Crippen molar-refractivity contribution in [3.05, 3.63) is 46.5 Å². The number of alkyl halides is 9. The molecule has 0 unspecified atom stereocenters. The minimum atomic E-state index is -5.09. The molecule has 0 radical (unpaired) electrons. The normalized spacial score (nSPS) is 17.4. The monoisotopic (exact) mass is 896 g/mol. The zero-order valence-corrected chi connectivity index (χ0v) is 35.2. The summed E-state index contributed by atoms with van der Waals surface area (Å²) in [4.78, 5) is 65.4. The number of fused-ring (bicyclic) bond motifs is 2. The molecule has 344 valence electrons. The number of ether oxygens (including phenoxy) is 3. The van der Waals surface area contributed by atoms with Crippen LogP contribution in [0, 0.1) is 0 Å². The van der Waals surface area contributed by atoms with Gasteiger partial charge < -0.3 is 34.2 Å². The van der Waals surface area contributed by atoms with E-state index in [-0.39, 0.29) is 67.0 Å². The number of hydrogen-bond donors (Lipinski definition) is 1. The van der Waals surface area contributed by atoms with Crippen LogP contribution in [0.3, 0.4) is 0 Å². The summed E-state index contributed by atoms with van der Waals surface area (Å²) in [6.45, 7) is 7.55. The highest BCUT2D eigenvalue weighted by Gasteiger charge is 2.47. The van der Waals surface area contributed by atoms with Crippen LogP contribution in [0.1, 0.15) is 118 Å². The number of anilines is 2. The molecule has 62 heavy (non-hydrogen) atoms. The molecule has 0 saturated heterocycles. The van der Waals surface area contributed by atoms with E-state index in [4.69, 9.17) is 9.47 Å². The SMILES string of the molecule is CCC(=O)NCCN1C(=O)C(C)(C)Oc2cc(C(F)(F)F)c(C(=O)N(CC(F)(F)F)C3CCCCC3)cc21.CCCN1C(=O)C(C)(C)Oc2cc(C(F)(F)F)c(C(=O)OC)cc21. The predicted octanol–water partition coefficient (Wildman–Crippen LogP) is 8.48. The molecule has 1 aliphatic carbocycles. The Balaban J connectivity index is 0.000000302. The van der Waals surface area contributed by atoms with Crippen LogP contribution in [0.25, 0.3) is 0 Å². The van der Waals surface area contributed by atoms with Crippen LogP contribution < -0.4 is 24.6 Å². The fraction of sp³-hybridized carbons (Fsp3) is 0.585. The minimum absolute atomic E-state index is 0.0412. The lowest BCUT2D eigenvalue weighted by atomic mass is 9.92. The summed E-state index contributed by atoms with van der Waals surface area (Å²) in [5.74, 6) is -4.32. The van der Waals surface area contributed by atoms with Crippen molar-refractivity contribution < 1.29 is 77.7 Å². The Hall–Kier alpha value is -5.24. The van der Waals surface area contributed by atoms with E-state index in [1.165, 1.54) is 32.6 Å². The first-order valence-corrected chi connectivity index (χ1v) is 19.8. The highest BCUT2D eigenvalue weighted by molar-refractivity contribution is 6.06. The lowest BCUT2D eigenvalue weighted by Gasteiger charge is -2.40. The molecule has 1 fully saturated rings. The molecule has 2 heterocycles. The van der Waals surface area contributed by atoms with Crippen molar-refractivity contribution in [1.29, 1.82) is 0 Å². The van der Waals surface area contributed by atoms with Crippen LogP contribution in [0.2, 0.25) is 0 Å². The molecule has 4 amide bonds. The maximum absolute atomic E-state index is 14.1. The average Bonchev–Trinajstić information content (AvgIpc) is 3.18. The average molecular weight is 897 g/mol. The van der Waals surface area contributed by atoms with E-state index in [1.807, 2.05) is 6.92 Å². The molecule has 0 aromatic heterocycles. The van der Waals surface area contributed by atoms with E-state index in [2.05, 4.69) is 10.1 Å². The van der Waals surface area contributed by atoms with Gasteiger partial charge in [0.05, 0.1) is 40.7 Å². The summed E-state index contributed by atoms with van der Waals surface area (Å²) in [6.07, 6.45) is -11.6. The zero-order chi connectivity index (χ0) is 46.7. The minimum Gasteiger partial charge on any atom is -0.476 e. The molecular weight excluding hydrogens is 847 g/mol. The number of amides is 4. The van der Waals surface area contributed by atoms with Crippen LogP contribution in [0.5, 0.6) is 11.5 Å². The van der Waals surface area contributed by atoms with E-state index >= 15 is 0 Å². The van der Waals surface area contributed by atoms with Gasteiger partial charge in [-0.25, -0.2) is 4.79 Å². The second kappa shape index (κ2) is 18.6. The molecule has 0 atom stereocenters. The molecular formula is C41H49F9N4O8. The van der Waals surface area contributed by atoms with Crippen molar-refractivity contribution in [2.75, 3.05) is 43.1 Å². The van der Waals surface area contributed by atoms with E-state index in [0.29, 0.717) is 36.8 Å². The predicted molar refractivity (Wildman–Crippen MR) is 206 cm³/mol. The topological polar surface area (TPSA) is 135 Å². The quantitative estimate of drug-likeness (QED) is 0.186. The van der Waals surface area contributed by atoms with Crippen molar-refractivity contribution in [2.24, 2.45) is 0 Å². The van der Waals surface area contributed by atoms with Crippen LogP contribution in [0.15, 0.2) is 24.3 Å². The number of methoxy groups -OCH3 is 1. The van der Waals surface area contributed by atoms with Gasteiger partial charge in [0.2, 0.25) is 5.91 Å². The van der Waals surface area contributed by atoms with Gasteiger partial charge in [-0.1, -0.05) is 33.1 Å². The summed E-state index contributed by atoms with van der Waals surface area (Å²) < 4.78 is 138. The van der Waals surface area contributed by atoms with Gasteiger partial charge in [-0.05, 0) is 71.2 Å². The third-order valence-electron chi connectivity index (χ3n) is 10.3. The molecule has 1 saturated carbocycles. The first-order chi connectivity index (χ1) is 28.6. The highest BCUT2D eigenvalue weighted by atomic mass is 19.4. The summed E-state index contributed by atoms with van der Waals surface area (Å²) in [5.41, 5.74) is -7.17. The summed E-state index contributed by atoms with van der Waals surface area (Å²) in [5, 5.41) is 2.56. The number of nitrogens with one attached hydrogen (secondary N) is 1. The van der Waals surface area contributed by atoms with Gasteiger partial charge in [0.1, 0.15) is 18.0 Å². The van der Waals surface area contributed by atoms with Crippen LogP contribution in [-0.4, -0.2) is 91.2 Å². The number of nitrogens with zero attached hydrogens (tertiary/aromatic N) is 3. The lowest BCUT2D eigenvalue weighted by molar-refractivity contribution is -0.146. The Morgan fingerprint density at radius 3 is 1.66 bits per heavy atom. The Morgan fingerprint density at radius 2 is 1.23 bits per heavy atom. The largest absolute Gasteiger partial charge is 0.476 e. The summed E-state index contributed by atoms with van der Waals surface area (Å²) in [7, 11) is 0.997. The Bertz CT molecular complexity index is 2030. The second-order valence-corrected chi connectivity index (χ2v) is 15.9. The first kappa shape index (κ1) is 49.4. The zero-order valence-electron chi connectivity index (χ0n) is 35.2. The Morgan fingerprint density at radius 1 is 0.758 bits per heavy atom. The Kier molecular flexibility index (Phi) is 14.8. The molecule has 3 aliphatic rings. The standard InChI is InChI=1S/C25H31F6N3O4.C16H18F3NO4/c1-4-20(35)32-10-11-33-18-12-16(17(25(29,30)31)13-19(18)38-23(2,3)22(33)37)21(36)34(14-24(26,27)28)15-8-6-5-7-9-15;1-5-6-20-11-7-9(13(21)23-4)10(16(17,18)19)8-12(11)24-15(2,3)14(20)22/h12-13,15H,4-11,14H2,1-3H3,(H,32,35);7-8H,5-6H2,1-4H3. The van der Waals surface area contributed by atoms with Gasteiger partial charge in [0, 0.05) is 32.1 Å². The van der Waals surface area contributed by atoms with E-state index in [9.17, 15) is 63.5 Å². The van der Waals surface area contributed by atoms with E-state index in [1.54, 1.807) is 6.92 Å². The Labute approximate surface area is 352 Å². The van der Waals surface area contributed by atoms with Gasteiger partial charge in [-0.15, -0.1) is 0 Å². The highest BCUT2D eigenvalue weighted by Crippen LogP contribution is 2.46. The third kappa shape index (κ3) is 11.2. The fourth-order valence-corrected chi connectivity index (χ4v) is 7.36. The molecule has 2 aliphatic heterocycles. The maximum atomic E-state index is 14.1. The van der Waals surface area contributed by atoms with Gasteiger partial charge in [0.25, 0.3) is 17.7 Å². The molecule has 0 bridgehead atoms. The number of hydrogen-bond acceptors (Lipinski definition) is 8. The fourth-order valence-electron chi connectivity index (χ4n) is 7.36. The second-order valence-electron chi connectivity index (χ2n) is 15.9. The van der Waals surface area contributed by atoms with Crippen molar-refractivity contribution in [2.45, 2.75) is 122 Å². The van der Waals surface area contributed by atoms with Crippen molar-refractivity contribution in [3.8, 4) is 11.5 Å². The summed E-state index contributed by atoms with van der Waals surface area (Å²) >= 11 is 0. The molecule has 2 aromatic rings. The summed E-state index contributed by atoms with van der Waals surface area (Å²) in [6, 6.07) is 2.22. The van der Waals surface area contributed by atoms with Crippen molar-refractivity contribution in [1.82, 2.24) is 10.2 Å². The molecule has 21 heteroatoms. The van der Waals surface area contributed by atoms with Crippen LogP contribution >= 0.6 is 0 Å². The lowest BCUT2D eigenvalue weighted by Crippen LogP contribution is -2.54. The number of esters is 1. The number of benzene rings is 2. The van der Waals surface area contributed by atoms with Crippen LogP contribution in [0.4, 0.5) is 50.9 Å². The first-order valence-electron chi connectivity index (χ1n) is 19.8. The van der Waals surface area contributed by atoms with Gasteiger partial charge in [-0.2, -0.15) is 39.5 Å². The van der Waals surface area contributed by atoms with Crippen molar-refractivity contribution >= 4 is 41.0 Å². The van der Waals surface area contributed by atoms with E-state index < -0.39 is 82.4 Å². The number of halogens is 9. The smallest absolute Gasteiger partial charge is 0.417 e. The number of rotatable bonds is 10.